The van der Waals surface area contributed by atoms with Gasteiger partial charge in [-0.3, -0.25) is 29.6 Å². The van der Waals surface area contributed by atoms with Crippen LogP contribution in [0.15, 0.2) is 77.4 Å². The molecule has 37 heavy (non-hydrogen) atoms. The number of pyridine rings is 1. The minimum absolute atomic E-state index is 0.170. The summed E-state index contributed by atoms with van der Waals surface area (Å²) in [5, 5.41) is 11.2. The SMILES string of the molecule is O=C(NN1CCCC1=O)C(O)=CC(=O)c1cc(Cc2ccc(F)cc2)cn(Cc2ccccc2F)c1=O. The first-order chi connectivity index (χ1) is 17.7. The number of aliphatic hydroxyl groups is 1. The predicted octanol–water partition coefficient (Wildman–Crippen LogP) is 3.04. The highest BCUT2D eigenvalue weighted by Gasteiger charge is 2.24. The zero-order chi connectivity index (χ0) is 26.5. The number of aromatic nitrogens is 1. The normalized spacial score (nSPS) is 13.6. The Kier molecular flexibility index (Phi) is 7.57. The van der Waals surface area contributed by atoms with Crippen LogP contribution in [-0.4, -0.2) is 38.8 Å². The van der Waals surface area contributed by atoms with Crippen LogP contribution in [0.5, 0.6) is 0 Å². The molecule has 0 radical (unpaired) electrons. The molecule has 0 spiro atoms. The molecule has 8 nitrogen and oxygen atoms in total. The van der Waals surface area contributed by atoms with Gasteiger partial charge in [-0.1, -0.05) is 30.3 Å². The van der Waals surface area contributed by atoms with Gasteiger partial charge in [0.05, 0.1) is 12.1 Å². The van der Waals surface area contributed by atoms with Crippen molar-refractivity contribution in [3.63, 3.8) is 0 Å². The van der Waals surface area contributed by atoms with E-state index in [0.29, 0.717) is 23.6 Å². The number of hydrogen-bond donors (Lipinski definition) is 2. The first kappa shape index (κ1) is 25.5. The molecule has 1 fully saturated rings. The van der Waals surface area contributed by atoms with Crippen molar-refractivity contribution < 1.29 is 28.3 Å². The highest BCUT2D eigenvalue weighted by molar-refractivity contribution is 6.08. The summed E-state index contributed by atoms with van der Waals surface area (Å²) in [4.78, 5) is 50.1. The average Bonchev–Trinajstić information content (AvgIpc) is 3.27. The molecule has 1 aliphatic rings. The van der Waals surface area contributed by atoms with Crippen molar-refractivity contribution in [1.82, 2.24) is 15.0 Å². The second kappa shape index (κ2) is 11.0. The summed E-state index contributed by atoms with van der Waals surface area (Å²) >= 11 is 0. The third-order valence-corrected chi connectivity index (χ3v) is 5.84. The number of carbonyl (C=O) groups excluding carboxylic acids is 3. The minimum atomic E-state index is -1.07. The monoisotopic (exact) mass is 507 g/mol. The molecule has 2 amide bonds. The van der Waals surface area contributed by atoms with Crippen LogP contribution in [0, 0.1) is 11.6 Å². The van der Waals surface area contributed by atoms with Gasteiger partial charge in [-0.2, -0.15) is 0 Å². The lowest BCUT2D eigenvalue weighted by Gasteiger charge is -2.16. The Morgan fingerprint density at radius 3 is 2.43 bits per heavy atom. The Balaban J connectivity index is 1.66. The number of aliphatic hydroxyl groups excluding tert-OH is 1. The maximum atomic E-state index is 14.3. The van der Waals surface area contributed by atoms with Gasteiger partial charge in [-0.25, -0.2) is 8.78 Å². The molecule has 0 saturated carbocycles. The summed E-state index contributed by atoms with van der Waals surface area (Å²) in [6.45, 7) is 0.105. The summed E-state index contributed by atoms with van der Waals surface area (Å²) in [7, 11) is 0. The van der Waals surface area contributed by atoms with Crippen molar-refractivity contribution in [2.45, 2.75) is 25.8 Å². The number of hydrazine groups is 1. The number of carbonyl (C=O) groups is 3. The number of ketones is 1. The van der Waals surface area contributed by atoms with Crippen LogP contribution in [0.2, 0.25) is 0 Å². The van der Waals surface area contributed by atoms with Crippen LogP contribution < -0.4 is 11.0 Å². The summed E-state index contributed by atoms with van der Waals surface area (Å²) in [5.74, 6) is -4.27. The van der Waals surface area contributed by atoms with E-state index in [2.05, 4.69) is 5.43 Å². The fraction of sp³-hybridized carbons (Fsp3) is 0.185. The average molecular weight is 507 g/mol. The number of nitrogens with one attached hydrogen (secondary N) is 1. The van der Waals surface area contributed by atoms with Crippen molar-refractivity contribution >= 4 is 17.6 Å². The highest BCUT2D eigenvalue weighted by atomic mass is 19.1. The number of nitrogens with zero attached hydrogens (tertiary/aromatic N) is 2. The van der Waals surface area contributed by atoms with Gasteiger partial charge in [0.2, 0.25) is 5.91 Å². The number of hydrogen-bond acceptors (Lipinski definition) is 5. The molecule has 10 heteroatoms. The highest BCUT2D eigenvalue weighted by Crippen LogP contribution is 2.14. The summed E-state index contributed by atoms with van der Waals surface area (Å²) < 4.78 is 28.8. The molecule has 190 valence electrons. The van der Waals surface area contributed by atoms with Crippen LogP contribution in [0.1, 0.15) is 39.9 Å². The van der Waals surface area contributed by atoms with Gasteiger partial charge in [-0.05, 0) is 48.2 Å². The number of rotatable bonds is 8. The van der Waals surface area contributed by atoms with E-state index in [0.717, 1.165) is 5.01 Å². The maximum absolute atomic E-state index is 14.3. The Labute approximate surface area is 210 Å². The fourth-order valence-electron chi connectivity index (χ4n) is 3.95. The van der Waals surface area contributed by atoms with Gasteiger partial charge in [0.15, 0.2) is 11.5 Å². The fourth-order valence-corrected chi connectivity index (χ4v) is 3.95. The second-order valence-corrected chi connectivity index (χ2v) is 8.57. The topological polar surface area (TPSA) is 109 Å². The predicted molar refractivity (Wildman–Crippen MR) is 130 cm³/mol. The third kappa shape index (κ3) is 6.16. The summed E-state index contributed by atoms with van der Waals surface area (Å²) in [5.41, 5.74) is 2.52. The van der Waals surface area contributed by atoms with Crippen molar-refractivity contribution in [2.75, 3.05) is 6.54 Å². The Morgan fingerprint density at radius 1 is 1.03 bits per heavy atom. The van der Waals surface area contributed by atoms with Gasteiger partial charge in [0.1, 0.15) is 11.6 Å². The summed E-state index contributed by atoms with van der Waals surface area (Å²) in [6.07, 6.45) is 3.11. The number of amides is 2. The van der Waals surface area contributed by atoms with Crippen LogP contribution in [0.4, 0.5) is 8.78 Å². The standard InChI is InChI=1S/C27H23F2N3O5/c28-20-9-7-17(8-10-20)12-18-13-21(27(37)31(15-18)16-19-4-1-2-5-22(19)29)23(33)14-24(34)26(36)30-32-11-3-6-25(32)35/h1-2,4-5,7-10,13-15,34H,3,6,11-12,16H2,(H,30,36). The van der Waals surface area contributed by atoms with Gasteiger partial charge >= 0.3 is 5.91 Å². The maximum Gasteiger partial charge on any atom is 0.304 e. The molecule has 2 N–H and O–H groups in total. The van der Waals surface area contributed by atoms with E-state index in [1.807, 2.05) is 0 Å². The molecular formula is C27H23F2N3O5. The van der Waals surface area contributed by atoms with E-state index in [1.54, 1.807) is 18.2 Å². The molecule has 0 aliphatic carbocycles. The first-order valence-corrected chi connectivity index (χ1v) is 11.5. The Hall–Kier alpha value is -4.60. The molecule has 0 bridgehead atoms. The van der Waals surface area contributed by atoms with E-state index < -0.39 is 34.6 Å². The number of halogens is 2. The molecule has 2 aromatic carbocycles. The Bertz CT molecular complexity index is 1450. The van der Waals surface area contributed by atoms with Crippen LogP contribution >= 0.6 is 0 Å². The van der Waals surface area contributed by atoms with E-state index >= 15 is 0 Å². The molecule has 0 atom stereocenters. The lowest BCUT2D eigenvalue weighted by atomic mass is 10.0. The van der Waals surface area contributed by atoms with Crippen molar-refractivity contribution in [1.29, 1.82) is 0 Å². The molecule has 1 aliphatic heterocycles. The van der Waals surface area contributed by atoms with Crippen molar-refractivity contribution in [2.24, 2.45) is 0 Å². The second-order valence-electron chi connectivity index (χ2n) is 8.57. The van der Waals surface area contributed by atoms with E-state index in [4.69, 9.17) is 0 Å². The van der Waals surface area contributed by atoms with Crippen molar-refractivity contribution in [3.05, 3.63) is 117 Å². The quantitative estimate of drug-likeness (QED) is 0.277. The van der Waals surface area contributed by atoms with Crippen molar-refractivity contribution in [3.8, 4) is 0 Å². The molecule has 2 heterocycles. The van der Waals surface area contributed by atoms with Gasteiger partial charge in [0.25, 0.3) is 5.56 Å². The molecule has 3 aromatic rings. The first-order valence-electron chi connectivity index (χ1n) is 11.5. The van der Waals surface area contributed by atoms with E-state index in [9.17, 15) is 33.1 Å². The van der Waals surface area contributed by atoms with E-state index in [1.165, 1.54) is 47.2 Å². The molecule has 0 unspecified atom stereocenters. The minimum Gasteiger partial charge on any atom is -0.503 e. The lowest BCUT2D eigenvalue weighted by Crippen LogP contribution is -2.43. The van der Waals surface area contributed by atoms with Crippen LogP contribution in [0.3, 0.4) is 0 Å². The van der Waals surface area contributed by atoms with Crippen LogP contribution in [-0.2, 0) is 22.6 Å². The largest absolute Gasteiger partial charge is 0.503 e. The van der Waals surface area contributed by atoms with Gasteiger partial charge in [0, 0.05) is 30.8 Å². The summed E-state index contributed by atoms with van der Waals surface area (Å²) in [6, 6.07) is 12.9. The lowest BCUT2D eigenvalue weighted by molar-refractivity contribution is -0.137. The third-order valence-electron chi connectivity index (χ3n) is 5.84. The van der Waals surface area contributed by atoms with Crippen LogP contribution in [0.25, 0.3) is 0 Å². The molecule has 1 aromatic heterocycles. The zero-order valence-electron chi connectivity index (χ0n) is 19.6. The number of allylic oxidation sites excluding steroid dienone is 1. The molecule has 1 saturated heterocycles. The number of benzene rings is 2. The Morgan fingerprint density at radius 2 is 1.76 bits per heavy atom. The van der Waals surface area contributed by atoms with Gasteiger partial charge in [-0.15, -0.1) is 0 Å². The van der Waals surface area contributed by atoms with E-state index in [-0.39, 0.29) is 43.0 Å². The zero-order valence-corrected chi connectivity index (χ0v) is 19.6. The molecule has 4 rings (SSSR count). The smallest absolute Gasteiger partial charge is 0.304 e. The molecular weight excluding hydrogens is 484 g/mol. The van der Waals surface area contributed by atoms with Gasteiger partial charge < -0.3 is 9.67 Å².